The lowest BCUT2D eigenvalue weighted by atomic mass is 9.94. The SMILES string of the molecule is CCCCN1C(=O)NC(c2cccc(OC)c2)C(c2nc(-c3ccc(OCC)cc3)no2)=C1C. The zero-order valence-electron chi connectivity index (χ0n) is 20.0. The number of carbonyl (C=O) groups is 1. The molecule has 0 aliphatic carbocycles. The highest BCUT2D eigenvalue weighted by atomic mass is 16.5. The molecule has 1 aliphatic rings. The number of benzene rings is 2. The molecule has 8 heteroatoms. The largest absolute Gasteiger partial charge is 0.497 e. The number of nitrogens with zero attached hydrogens (tertiary/aromatic N) is 3. The first-order valence-corrected chi connectivity index (χ1v) is 11.6. The molecule has 2 amide bonds. The molecule has 178 valence electrons. The second kappa shape index (κ2) is 10.4. The molecule has 1 aromatic heterocycles. The van der Waals surface area contributed by atoms with E-state index in [9.17, 15) is 4.79 Å². The molecule has 1 aliphatic heterocycles. The molecule has 2 aromatic carbocycles. The van der Waals surface area contributed by atoms with Crippen molar-refractivity contribution in [3.8, 4) is 22.9 Å². The third kappa shape index (κ3) is 4.76. The number of nitrogens with one attached hydrogen (secondary N) is 1. The van der Waals surface area contributed by atoms with Crippen molar-refractivity contribution in [1.29, 1.82) is 0 Å². The third-order valence-electron chi connectivity index (χ3n) is 5.84. The maximum Gasteiger partial charge on any atom is 0.322 e. The fraction of sp³-hybridized carbons (Fsp3) is 0.346. The molecule has 1 N–H and O–H groups in total. The van der Waals surface area contributed by atoms with Crippen molar-refractivity contribution in [3.63, 3.8) is 0 Å². The molecule has 0 fully saturated rings. The number of allylic oxidation sites excluding steroid dienone is 1. The summed E-state index contributed by atoms with van der Waals surface area (Å²) >= 11 is 0. The highest BCUT2D eigenvalue weighted by Gasteiger charge is 2.35. The van der Waals surface area contributed by atoms with Crippen molar-refractivity contribution in [2.24, 2.45) is 0 Å². The summed E-state index contributed by atoms with van der Waals surface area (Å²) in [5, 5.41) is 7.34. The summed E-state index contributed by atoms with van der Waals surface area (Å²) in [5.74, 6) is 2.33. The molecule has 2 heterocycles. The van der Waals surface area contributed by atoms with E-state index in [1.807, 2.05) is 62.4 Å². The third-order valence-corrected chi connectivity index (χ3v) is 5.84. The van der Waals surface area contributed by atoms with E-state index < -0.39 is 6.04 Å². The minimum Gasteiger partial charge on any atom is -0.497 e. The highest BCUT2D eigenvalue weighted by Crippen LogP contribution is 2.38. The van der Waals surface area contributed by atoms with Crippen LogP contribution in [0.15, 0.2) is 58.8 Å². The van der Waals surface area contributed by atoms with E-state index in [1.165, 1.54) is 0 Å². The Morgan fingerprint density at radius 2 is 1.91 bits per heavy atom. The Labute approximate surface area is 199 Å². The highest BCUT2D eigenvalue weighted by molar-refractivity contribution is 5.87. The number of aromatic nitrogens is 2. The summed E-state index contributed by atoms with van der Waals surface area (Å²) in [4.78, 5) is 19.5. The zero-order valence-corrected chi connectivity index (χ0v) is 20.0. The van der Waals surface area contributed by atoms with Crippen LogP contribution in [-0.2, 0) is 0 Å². The van der Waals surface area contributed by atoms with Crippen LogP contribution < -0.4 is 14.8 Å². The van der Waals surface area contributed by atoms with Crippen LogP contribution in [0.25, 0.3) is 17.0 Å². The first-order valence-electron chi connectivity index (χ1n) is 11.6. The normalized spacial score (nSPS) is 15.9. The van der Waals surface area contributed by atoms with Crippen LogP contribution in [0.3, 0.4) is 0 Å². The second-order valence-corrected chi connectivity index (χ2v) is 8.04. The number of urea groups is 1. The number of amides is 2. The zero-order chi connectivity index (χ0) is 24.1. The number of hydrogen-bond acceptors (Lipinski definition) is 6. The molecule has 0 saturated heterocycles. The number of unbranched alkanes of at least 4 members (excludes halogenated alkanes) is 1. The predicted octanol–water partition coefficient (Wildman–Crippen LogP) is 5.44. The summed E-state index contributed by atoms with van der Waals surface area (Å²) in [6.07, 6.45) is 1.87. The maximum absolute atomic E-state index is 13.0. The van der Waals surface area contributed by atoms with Gasteiger partial charge in [0.25, 0.3) is 5.89 Å². The van der Waals surface area contributed by atoms with E-state index >= 15 is 0 Å². The van der Waals surface area contributed by atoms with E-state index in [2.05, 4.69) is 17.4 Å². The Bertz CT molecular complexity index is 1170. The molecule has 0 bridgehead atoms. The molecule has 0 spiro atoms. The fourth-order valence-electron chi connectivity index (χ4n) is 4.03. The molecular formula is C26H30N4O4. The van der Waals surface area contributed by atoms with Crippen LogP contribution >= 0.6 is 0 Å². The number of rotatable bonds is 9. The van der Waals surface area contributed by atoms with Gasteiger partial charge in [-0.05, 0) is 62.2 Å². The van der Waals surface area contributed by atoms with Crippen LogP contribution in [0.4, 0.5) is 4.79 Å². The van der Waals surface area contributed by atoms with Gasteiger partial charge in [-0.25, -0.2) is 4.79 Å². The maximum atomic E-state index is 13.0. The van der Waals surface area contributed by atoms with Crippen LogP contribution in [-0.4, -0.2) is 41.3 Å². The summed E-state index contributed by atoms with van der Waals surface area (Å²) in [5.41, 5.74) is 3.26. The minimum atomic E-state index is -0.450. The van der Waals surface area contributed by atoms with E-state index in [-0.39, 0.29) is 6.03 Å². The Hall–Kier alpha value is -3.81. The Balaban J connectivity index is 1.75. The van der Waals surface area contributed by atoms with Crippen molar-refractivity contribution in [1.82, 2.24) is 20.4 Å². The van der Waals surface area contributed by atoms with Gasteiger partial charge in [-0.3, -0.25) is 4.90 Å². The smallest absolute Gasteiger partial charge is 0.322 e. The van der Waals surface area contributed by atoms with Crippen molar-refractivity contribution >= 4 is 11.6 Å². The van der Waals surface area contributed by atoms with Crippen LogP contribution in [0.1, 0.15) is 51.1 Å². The van der Waals surface area contributed by atoms with E-state index in [0.29, 0.717) is 30.6 Å². The summed E-state index contributed by atoms with van der Waals surface area (Å²) < 4.78 is 16.7. The molecule has 34 heavy (non-hydrogen) atoms. The van der Waals surface area contributed by atoms with Crippen LogP contribution in [0.2, 0.25) is 0 Å². The summed E-state index contributed by atoms with van der Waals surface area (Å²) in [7, 11) is 1.62. The lowest BCUT2D eigenvalue weighted by Gasteiger charge is -2.35. The molecule has 0 radical (unpaired) electrons. The molecule has 4 rings (SSSR count). The number of methoxy groups -OCH3 is 1. The van der Waals surface area contributed by atoms with Crippen LogP contribution in [0.5, 0.6) is 11.5 Å². The fourth-order valence-corrected chi connectivity index (χ4v) is 4.03. The average molecular weight is 463 g/mol. The lowest BCUT2D eigenvalue weighted by molar-refractivity contribution is 0.204. The van der Waals surface area contributed by atoms with Gasteiger partial charge in [0.2, 0.25) is 5.82 Å². The molecular weight excluding hydrogens is 432 g/mol. The number of hydrogen-bond donors (Lipinski definition) is 1. The minimum absolute atomic E-state index is 0.145. The molecule has 1 atom stereocenters. The Morgan fingerprint density at radius 1 is 1.12 bits per heavy atom. The predicted molar refractivity (Wildman–Crippen MR) is 129 cm³/mol. The molecule has 8 nitrogen and oxygen atoms in total. The first-order chi connectivity index (χ1) is 16.5. The monoisotopic (exact) mass is 462 g/mol. The second-order valence-electron chi connectivity index (χ2n) is 8.04. The molecule has 3 aromatic rings. The summed E-state index contributed by atoms with van der Waals surface area (Å²) in [6.45, 7) is 7.19. The van der Waals surface area contributed by atoms with Gasteiger partial charge < -0.3 is 19.3 Å². The van der Waals surface area contributed by atoms with Gasteiger partial charge in [0, 0.05) is 17.8 Å². The van der Waals surface area contributed by atoms with Gasteiger partial charge in [0.05, 0.1) is 25.3 Å². The number of carbonyl (C=O) groups excluding carboxylic acids is 1. The van der Waals surface area contributed by atoms with Gasteiger partial charge in [-0.15, -0.1) is 0 Å². The van der Waals surface area contributed by atoms with Gasteiger partial charge in [-0.1, -0.05) is 30.6 Å². The van der Waals surface area contributed by atoms with E-state index in [4.69, 9.17) is 19.0 Å². The van der Waals surface area contributed by atoms with E-state index in [0.717, 1.165) is 41.0 Å². The molecule has 1 unspecified atom stereocenters. The van der Waals surface area contributed by atoms with Gasteiger partial charge in [0.15, 0.2) is 0 Å². The van der Waals surface area contributed by atoms with Crippen molar-refractivity contribution in [2.75, 3.05) is 20.3 Å². The number of ether oxygens (including phenoxy) is 2. The van der Waals surface area contributed by atoms with Gasteiger partial charge in [0.1, 0.15) is 11.5 Å². The summed E-state index contributed by atoms with van der Waals surface area (Å²) in [6, 6.07) is 14.6. The van der Waals surface area contributed by atoms with E-state index in [1.54, 1.807) is 12.0 Å². The van der Waals surface area contributed by atoms with Crippen molar-refractivity contribution in [3.05, 3.63) is 65.7 Å². The van der Waals surface area contributed by atoms with Crippen molar-refractivity contribution < 1.29 is 18.8 Å². The Kier molecular flexibility index (Phi) is 7.15. The van der Waals surface area contributed by atoms with Crippen molar-refractivity contribution in [2.45, 2.75) is 39.7 Å². The first kappa shape index (κ1) is 23.4. The average Bonchev–Trinajstić information content (AvgIpc) is 3.34. The van der Waals surface area contributed by atoms with Gasteiger partial charge >= 0.3 is 6.03 Å². The topological polar surface area (TPSA) is 89.7 Å². The van der Waals surface area contributed by atoms with Gasteiger partial charge in [-0.2, -0.15) is 4.98 Å². The molecule has 0 saturated carbocycles. The quantitative estimate of drug-likeness (QED) is 0.455. The standard InChI is InChI=1S/C26H30N4O4/c1-5-7-15-30-17(3)22(23(27-26(30)31)19-9-8-10-21(16-19)32-4)25-28-24(29-34-25)18-11-13-20(14-12-18)33-6-2/h8-14,16,23H,5-7,15H2,1-4H3,(H,27,31). The van der Waals surface area contributed by atoms with Crippen LogP contribution in [0, 0.1) is 0 Å². The Morgan fingerprint density at radius 3 is 2.62 bits per heavy atom. The lowest BCUT2D eigenvalue weighted by Crippen LogP contribution is -2.46.